The predicted molar refractivity (Wildman–Crippen MR) is 93.9 cm³/mol. The molecule has 0 spiro atoms. The Balaban J connectivity index is 0.00000121. The molecular formula is C16H25Cl2N3O. The van der Waals surface area contributed by atoms with Gasteiger partial charge in [0, 0.05) is 38.6 Å². The number of carbonyl (C=O) groups excluding carboxylic acids is 1. The third-order valence-corrected chi connectivity index (χ3v) is 4.52. The Morgan fingerprint density at radius 3 is 2.64 bits per heavy atom. The van der Waals surface area contributed by atoms with Gasteiger partial charge in [0.2, 0.25) is 5.91 Å². The maximum atomic E-state index is 12.2. The van der Waals surface area contributed by atoms with E-state index in [9.17, 15) is 4.79 Å². The molecule has 6 heteroatoms. The van der Waals surface area contributed by atoms with Crippen molar-refractivity contribution in [2.45, 2.75) is 25.9 Å². The molecule has 22 heavy (non-hydrogen) atoms. The van der Waals surface area contributed by atoms with Crippen LogP contribution in [0.2, 0.25) is 0 Å². The summed E-state index contributed by atoms with van der Waals surface area (Å²) in [7, 11) is 0. The average Bonchev–Trinajstić information content (AvgIpc) is 2.44. The van der Waals surface area contributed by atoms with Crippen molar-refractivity contribution in [3.05, 3.63) is 35.4 Å². The molecule has 0 aliphatic carbocycles. The lowest BCUT2D eigenvalue weighted by molar-refractivity contribution is -0.126. The summed E-state index contributed by atoms with van der Waals surface area (Å²) in [5.74, 6) is 0.782. The van der Waals surface area contributed by atoms with Crippen LogP contribution < -0.4 is 10.6 Å². The molecule has 1 aromatic carbocycles. The number of carbonyl (C=O) groups is 1. The smallest absolute Gasteiger partial charge is 0.237 e. The molecule has 2 N–H and O–H groups in total. The van der Waals surface area contributed by atoms with E-state index in [1.807, 2.05) is 6.92 Å². The van der Waals surface area contributed by atoms with E-state index in [2.05, 4.69) is 39.8 Å². The van der Waals surface area contributed by atoms with E-state index in [1.54, 1.807) is 0 Å². The molecule has 1 aromatic rings. The van der Waals surface area contributed by atoms with Crippen molar-refractivity contribution in [3.8, 4) is 0 Å². The summed E-state index contributed by atoms with van der Waals surface area (Å²) in [6.45, 7) is 6.74. The Labute approximate surface area is 144 Å². The first-order chi connectivity index (χ1) is 9.74. The molecule has 1 unspecified atom stereocenters. The van der Waals surface area contributed by atoms with Gasteiger partial charge in [0.25, 0.3) is 0 Å². The Kier molecular flexibility index (Phi) is 7.63. The lowest BCUT2D eigenvalue weighted by Crippen LogP contribution is -2.52. The van der Waals surface area contributed by atoms with Crippen molar-refractivity contribution in [2.75, 3.05) is 26.2 Å². The largest absolute Gasteiger partial charge is 0.354 e. The molecule has 0 bridgehead atoms. The zero-order valence-corrected chi connectivity index (χ0v) is 14.5. The summed E-state index contributed by atoms with van der Waals surface area (Å²) < 4.78 is 0. The van der Waals surface area contributed by atoms with Crippen molar-refractivity contribution >= 4 is 30.7 Å². The summed E-state index contributed by atoms with van der Waals surface area (Å²) in [4.78, 5) is 14.5. The highest BCUT2D eigenvalue weighted by Gasteiger charge is 2.26. The van der Waals surface area contributed by atoms with Gasteiger partial charge in [0.05, 0.1) is 6.04 Å². The molecule has 0 aromatic heterocycles. The maximum absolute atomic E-state index is 12.2. The van der Waals surface area contributed by atoms with Gasteiger partial charge < -0.3 is 10.6 Å². The SMILES string of the molecule is CC(C(=O)NCC1CNC1)N1CCc2ccccc2C1.Cl.Cl. The second kappa shape index (κ2) is 8.73. The molecule has 0 radical (unpaired) electrons. The van der Waals surface area contributed by atoms with Crippen LogP contribution in [0.1, 0.15) is 18.1 Å². The minimum Gasteiger partial charge on any atom is -0.354 e. The Hall–Kier alpha value is -0.810. The van der Waals surface area contributed by atoms with E-state index in [0.29, 0.717) is 5.92 Å². The van der Waals surface area contributed by atoms with Gasteiger partial charge in [-0.05, 0) is 24.5 Å². The molecule has 0 saturated carbocycles. The van der Waals surface area contributed by atoms with Crippen LogP contribution in [0, 0.1) is 5.92 Å². The molecular weight excluding hydrogens is 321 g/mol. The molecule has 2 heterocycles. The van der Waals surface area contributed by atoms with Crippen molar-refractivity contribution in [2.24, 2.45) is 5.92 Å². The number of hydrogen-bond donors (Lipinski definition) is 2. The third kappa shape index (κ3) is 4.35. The van der Waals surface area contributed by atoms with Crippen molar-refractivity contribution in [1.82, 2.24) is 15.5 Å². The van der Waals surface area contributed by atoms with Crippen LogP contribution in [-0.4, -0.2) is 43.0 Å². The van der Waals surface area contributed by atoms with E-state index in [4.69, 9.17) is 0 Å². The minimum atomic E-state index is -0.0450. The molecule has 1 fully saturated rings. The molecule has 2 aliphatic heterocycles. The fraction of sp³-hybridized carbons (Fsp3) is 0.562. The van der Waals surface area contributed by atoms with E-state index < -0.39 is 0 Å². The Morgan fingerprint density at radius 2 is 2.00 bits per heavy atom. The molecule has 1 amide bonds. The summed E-state index contributed by atoms with van der Waals surface area (Å²) >= 11 is 0. The number of amides is 1. The zero-order valence-electron chi connectivity index (χ0n) is 12.9. The second-order valence-electron chi connectivity index (χ2n) is 5.93. The summed E-state index contributed by atoms with van der Waals surface area (Å²) in [6.07, 6.45) is 1.04. The second-order valence-corrected chi connectivity index (χ2v) is 5.93. The lowest BCUT2D eigenvalue weighted by Gasteiger charge is -2.34. The van der Waals surface area contributed by atoms with E-state index >= 15 is 0 Å². The number of nitrogens with one attached hydrogen (secondary N) is 2. The molecule has 124 valence electrons. The maximum Gasteiger partial charge on any atom is 0.237 e. The number of fused-ring (bicyclic) bond motifs is 1. The van der Waals surface area contributed by atoms with Crippen LogP contribution >= 0.6 is 24.8 Å². The highest BCUT2D eigenvalue weighted by molar-refractivity contribution is 5.85. The highest BCUT2D eigenvalue weighted by Crippen LogP contribution is 2.20. The van der Waals surface area contributed by atoms with Gasteiger partial charge in [-0.2, -0.15) is 0 Å². The monoisotopic (exact) mass is 345 g/mol. The first kappa shape index (κ1) is 19.2. The molecule has 1 atom stereocenters. The molecule has 1 saturated heterocycles. The Bertz CT molecular complexity index is 494. The number of nitrogens with zero attached hydrogens (tertiary/aromatic N) is 1. The van der Waals surface area contributed by atoms with Crippen molar-refractivity contribution in [3.63, 3.8) is 0 Å². The van der Waals surface area contributed by atoms with Crippen LogP contribution in [0.15, 0.2) is 24.3 Å². The molecule has 2 aliphatic rings. The first-order valence-electron chi connectivity index (χ1n) is 7.53. The molecule has 3 rings (SSSR count). The van der Waals surface area contributed by atoms with Crippen LogP contribution in [0.5, 0.6) is 0 Å². The van der Waals surface area contributed by atoms with Gasteiger partial charge in [-0.25, -0.2) is 0 Å². The normalized spacial score (nSPS) is 19.0. The average molecular weight is 346 g/mol. The summed E-state index contributed by atoms with van der Waals surface area (Å²) in [5.41, 5.74) is 2.79. The number of halogens is 2. The van der Waals surface area contributed by atoms with E-state index in [0.717, 1.165) is 39.1 Å². The fourth-order valence-corrected chi connectivity index (χ4v) is 2.90. The van der Waals surface area contributed by atoms with Crippen LogP contribution in [0.4, 0.5) is 0 Å². The Morgan fingerprint density at radius 1 is 1.32 bits per heavy atom. The number of benzene rings is 1. The van der Waals surface area contributed by atoms with Gasteiger partial charge in [-0.15, -0.1) is 24.8 Å². The quantitative estimate of drug-likeness (QED) is 0.871. The third-order valence-electron chi connectivity index (χ3n) is 4.52. The van der Waals surface area contributed by atoms with Crippen LogP contribution in [0.3, 0.4) is 0 Å². The topological polar surface area (TPSA) is 44.4 Å². The summed E-state index contributed by atoms with van der Waals surface area (Å²) in [6, 6.07) is 8.50. The summed E-state index contributed by atoms with van der Waals surface area (Å²) in [5, 5.41) is 6.31. The van der Waals surface area contributed by atoms with Gasteiger partial charge >= 0.3 is 0 Å². The first-order valence-corrected chi connectivity index (χ1v) is 7.53. The van der Waals surface area contributed by atoms with Crippen molar-refractivity contribution < 1.29 is 4.79 Å². The zero-order chi connectivity index (χ0) is 13.9. The van der Waals surface area contributed by atoms with Gasteiger partial charge in [0.1, 0.15) is 0 Å². The fourth-order valence-electron chi connectivity index (χ4n) is 2.90. The van der Waals surface area contributed by atoms with Crippen LogP contribution in [-0.2, 0) is 17.8 Å². The predicted octanol–water partition coefficient (Wildman–Crippen LogP) is 1.61. The van der Waals surface area contributed by atoms with Gasteiger partial charge in [0.15, 0.2) is 0 Å². The number of hydrogen-bond acceptors (Lipinski definition) is 3. The van der Waals surface area contributed by atoms with Gasteiger partial charge in [-0.1, -0.05) is 24.3 Å². The highest BCUT2D eigenvalue weighted by atomic mass is 35.5. The van der Waals surface area contributed by atoms with Crippen LogP contribution in [0.25, 0.3) is 0 Å². The lowest BCUT2D eigenvalue weighted by atomic mass is 9.98. The van der Waals surface area contributed by atoms with E-state index in [-0.39, 0.29) is 36.8 Å². The minimum absolute atomic E-state index is 0. The van der Waals surface area contributed by atoms with E-state index in [1.165, 1.54) is 11.1 Å². The van der Waals surface area contributed by atoms with Crippen molar-refractivity contribution in [1.29, 1.82) is 0 Å². The number of rotatable bonds is 4. The standard InChI is InChI=1S/C16H23N3O.2ClH/c1-12(16(20)18-10-13-8-17-9-13)19-7-6-14-4-2-3-5-15(14)11-19;;/h2-5,12-13,17H,6-11H2,1H3,(H,18,20);2*1H. The van der Waals surface area contributed by atoms with Gasteiger partial charge in [-0.3, -0.25) is 9.69 Å². The molecule has 4 nitrogen and oxygen atoms in total.